The molecular weight excluding hydrogens is 262 g/mol. The van der Waals surface area contributed by atoms with Crippen molar-refractivity contribution in [1.29, 1.82) is 0 Å². The van der Waals surface area contributed by atoms with Crippen LogP contribution in [0.4, 0.5) is 0 Å². The Bertz CT molecular complexity index is 645. The number of thiophene rings is 1. The van der Waals surface area contributed by atoms with Gasteiger partial charge in [-0.2, -0.15) is 0 Å². The Hall–Kier alpha value is -1.88. The van der Waals surface area contributed by atoms with Crippen molar-refractivity contribution in [3.63, 3.8) is 0 Å². The minimum absolute atomic E-state index is 0.0993. The number of carboxylic acid groups (broad SMARTS) is 1. The maximum absolute atomic E-state index is 12.5. The van der Waals surface area contributed by atoms with Crippen LogP contribution in [-0.2, 0) is 4.79 Å². The third-order valence-corrected chi connectivity index (χ3v) is 4.23. The summed E-state index contributed by atoms with van der Waals surface area (Å²) in [4.78, 5) is 24.9. The lowest BCUT2D eigenvalue weighted by atomic mass is 10.1. The Morgan fingerprint density at radius 1 is 1.32 bits per heavy atom. The van der Waals surface area contributed by atoms with Crippen molar-refractivity contribution in [1.82, 2.24) is 4.90 Å². The van der Waals surface area contributed by atoms with Gasteiger partial charge in [-0.05, 0) is 18.9 Å². The van der Waals surface area contributed by atoms with Crippen LogP contribution in [-0.4, -0.2) is 34.5 Å². The van der Waals surface area contributed by atoms with E-state index in [0.29, 0.717) is 5.56 Å². The molecule has 0 spiro atoms. The molecule has 5 heteroatoms. The molecule has 1 amide bonds. The van der Waals surface area contributed by atoms with Gasteiger partial charge in [-0.15, -0.1) is 11.3 Å². The molecule has 0 saturated heterocycles. The quantitative estimate of drug-likeness (QED) is 0.933. The summed E-state index contributed by atoms with van der Waals surface area (Å²) in [7, 11) is 0. The van der Waals surface area contributed by atoms with E-state index in [2.05, 4.69) is 0 Å². The van der Waals surface area contributed by atoms with Crippen molar-refractivity contribution < 1.29 is 14.7 Å². The Morgan fingerprint density at radius 2 is 2.05 bits per heavy atom. The van der Waals surface area contributed by atoms with E-state index in [9.17, 15) is 9.59 Å². The van der Waals surface area contributed by atoms with E-state index in [4.69, 9.17) is 5.11 Å². The highest BCUT2D eigenvalue weighted by atomic mass is 32.1. The maximum atomic E-state index is 12.5. The number of benzene rings is 1. The minimum atomic E-state index is -0.959. The first-order chi connectivity index (χ1) is 9.16. The topological polar surface area (TPSA) is 57.6 Å². The SMILES string of the molecule is O=C(O)CN(C(=O)c1csc2ccccc12)C1CC1. The summed E-state index contributed by atoms with van der Waals surface area (Å²) >= 11 is 1.52. The zero-order chi connectivity index (χ0) is 13.4. The summed E-state index contributed by atoms with van der Waals surface area (Å²) in [6.45, 7) is -0.215. The number of carboxylic acids is 1. The zero-order valence-electron chi connectivity index (χ0n) is 10.2. The van der Waals surface area contributed by atoms with Gasteiger partial charge in [-0.1, -0.05) is 18.2 Å². The summed E-state index contributed by atoms with van der Waals surface area (Å²) in [5, 5.41) is 11.7. The highest BCUT2D eigenvalue weighted by Crippen LogP contribution is 2.31. The second-order valence-electron chi connectivity index (χ2n) is 4.70. The van der Waals surface area contributed by atoms with Crippen LogP contribution in [0.5, 0.6) is 0 Å². The molecule has 0 bridgehead atoms. The van der Waals surface area contributed by atoms with Crippen molar-refractivity contribution in [2.75, 3.05) is 6.54 Å². The molecule has 3 rings (SSSR count). The zero-order valence-corrected chi connectivity index (χ0v) is 11.0. The van der Waals surface area contributed by atoms with Gasteiger partial charge in [0.1, 0.15) is 6.54 Å². The van der Waals surface area contributed by atoms with Gasteiger partial charge < -0.3 is 10.0 Å². The molecular formula is C14H13NO3S. The first-order valence-electron chi connectivity index (χ1n) is 6.16. The van der Waals surface area contributed by atoms with Crippen molar-refractivity contribution in [2.45, 2.75) is 18.9 Å². The Balaban J connectivity index is 1.95. The second kappa shape index (κ2) is 4.66. The van der Waals surface area contributed by atoms with Crippen LogP contribution in [0.15, 0.2) is 29.6 Å². The molecule has 1 heterocycles. The van der Waals surface area contributed by atoms with E-state index in [-0.39, 0.29) is 18.5 Å². The average molecular weight is 275 g/mol. The largest absolute Gasteiger partial charge is 0.480 e. The molecule has 1 aromatic carbocycles. The highest BCUT2D eigenvalue weighted by molar-refractivity contribution is 7.17. The van der Waals surface area contributed by atoms with Gasteiger partial charge in [0.25, 0.3) is 5.91 Å². The number of hydrogen-bond acceptors (Lipinski definition) is 3. The van der Waals surface area contributed by atoms with Crippen molar-refractivity contribution in [2.24, 2.45) is 0 Å². The summed E-state index contributed by atoms with van der Waals surface area (Å²) in [6, 6.07) is 7.80. The van der Waals surface area contributed by atoms with Crippen molar-refractivity contribution in [3.8, 4) is 0 Å². The fourth-order valence-corrected chi connectivity index (χ4v) is 3.13. The lowest BCUT2D eigenvalue weighted by Gasteiger charge is -2.19. The number of carbonyl (C=O) groups is 2. The predicted molar refractivity (Wildman–Crippen MR) is 73.5 cm³/mol. The molecule has 98 valence electrons. The van der Waals surface area contributed by atoms with Gasteiger partial charge in [0.15, 0.2) is 0 Å². The molecule has 1 aromatic heterocycles. The number of aliphatic carboxylic acids is 1. The van der Waals surface area contributed by atoms with Crippen LogP contribution in [0.1, 0.15) is 23.2 Å². The third kappa shape index (κ3) is 2.33. The van der Waals surface area contributed by atoms with E-state index in [0.717, 1.165) is 22.9 Å². The van der Waals surface area contributed by atoms with Crippen LogP contribution in [0.25, 0.3) is 10.1 Å². The van der Waals surface area contributed by atoms with Gasteiger partial charge >= 0.3 is 5.97 Å². The van der Waals surface area contributed by atoms with Crippen molar-refractivity contribution >= 4 is 33.3 Å². The molecule has 1 N–H and O–H groups in total. The van der Waals surface area contributed by atoms with E-state index in [1.165, 1.54) is 16.2 Å². The van der Waals surface area contributed by atoms with Gasteiger partial charge in [0.2, 0.25) is 0 Å². The standard InChI is InChI=1S/C14H13NO3S/c16-13(17)7-15(9-5-6-9)14(18)11-8-19-12-4-2-1-3-10(11)12/h1-4,8-9H,5-7H2,(H,16,17). The average Bonchev–Trinajstić information content (AvgIpc) is 3.14. The Morgan fingerprint density at radius 3 is 2.74 bits per heavy atom. The molecule has 1 aliphatic rings. The number of hydrogen-bond donors (Lipinski definition) is 1. The molecule has 0 atom stereocenters. The third-order valence-electron chi connectivity index (χ3n) is 3.27. The van der Waals surface area contributed by atoms with Crippen LogP contribution in [0, 0.1) is 0 Å². The smallest absolute Gasteiger partial charge is 0.323 e. The fourth-order valence-electron chi connectivity index (χ4n) is 2.20. The predicted octanol–water partition coefficient (Wildman–Crippen LogP) is 2.59. The van der Waals surface area contributed by atoms with E-state index in [1.807, 2.05) is 29.6 Å². The molecule has 0 unspecified atom stereocenters. The fraction of sp³-hybridized carbons (Fsp3) is 0.286. The number of nitrogens with zero attached hydrogens (tertiary/aromatic N) is 1. The maximum Gasteiger partial charge on any atom is 0.323 e. The van der Waals surface area contributed by atoms with Gasteiger partial charge in [0.05, 0.1) is 5.56 Å². The molecule has 1 saturated carbocycles. The highest BCUT2D eigenvalue weighted by Gasteiger charge is 2.35. The molecule has 19 heavy (non-hydrogen) atoms. The number of rotatable bonds is 4. The number of amides is 1. The first kappa shape index (κ1) is 12.2. The summed E-state index contributed by atoms with van der Waals surface area (Å²) in [5.74, 6) is -1.12. The number of carbonyl (C=O) groups excluding carboxylic acids is 1. The van der Waals surface area contributed by atoms with E-state index in [1.54, 1.807) is 0 Å². The lowest BCUT2D eigenvalue weighted by Crippen LogP contribution is -2.37. The van der Waals surface area contributed by atoms with Crippen LogP contribution in [0.2, 0.25) is 0 Å². The molecule has 1 aliphatic carbocycles. The van der Waals surface area contributed by atoms with E-state index < -0.39 is 5.97 Å². The van der Waals surface area contributed by atoms with Crippen molar-refractivity contribution in [3.05, 3.63) is 35.2 Å². The van der Waals surface area contributed by atoms with E-state index >= 15 is 0 Å². The second-order valence-corrected chi connectivity index (χ2v) is 5.61. The summed E-state index contributed by atoms with van der Waals surface area (Å²) < 4.78 is 1.05. The number of fused-ring (bicyclic) bond motifs is 1. The molecule has 0 radical (unpaired) electrons. The Labute approximate surface area is 114 Å². The minimum Gasteiger partial charge on any atom is -0.480 e. The summed E-state index contributed by atoms with van der Waals surface area (Å²) in [5.41, 5.74) is 0.619. The molecule has 1 fully saturated rings. The molecule has 0 aliphatic heterocycles. The Kier molecular flexibility index (Phi) is 2.98. The van der Waals surface area contributed by atoms with Gasteiger partial charge in [-0.3, -0.25) is 9.59 Å². The van der Waals surface area contributed by atoms with Crippen LogP contribution >= 0.6 is 11.3 Å². The van der Waals surface area contributed by atoms with Crippen LogP contribution < -0.4 is 0 Å². The van der Waals surface area contributed by atoms with Gasteiger partial charge in [0, 0.05) is 21.5 Å². The monoisotopic (exact) mass is 275 g/mol. The van der Waals surface area contributed by atoms with Crippen LogP contribution in [0.3, 0.4) is 0 Å². The normalized spacial score (nSPS) is 14.5. The van der Waals surface area contributed by atoms with Gasteiger partial charge in [-0.25, -0.2) is 0 Å². The summed E-state index contributed by atoms with van der Waals surface area (Å²) in [6.07, 6.45) is 1.81. The first-order valence-corrected chi connectivity index (χ1v) is 7.04. The lowest BCUT2D eigenvalue weighted by molar-refractivity contribution is -0.137. The molecule has 4 nitrogen and oxygen atoms in total. The molecule has 2 aromatic rings.